The van der Waals surface area contributed by atoms with Crippen molar-refractivity contribution in [2.75, 3.05) is 6.61 Å². The molecule has 0 saturated carbocycles. The lowest BCUT2D eigenvalue weighted by Gasteiger charge is -2.20. The predicted molar refractivity (Wildman–Crippen MR) is 98.5 cm³/mol. The summed E-state index contributed by atoms with van der Waals surface area (Å²) in [4.78, 5) is 20.2. The van der Waals surface area contributed by atoms with Crippen LogP contribution in [0.4, 0.5) is 0 Å². The van der Waals surface area contributed by atoms with Gasteiger partial charge in [-0.05, 0) is 30.2 Å². The van der Waals surface area contributed by atoms with Crippen LogP contribution in [0.2, 0.25) is 0 Å². The molecule has 0 saturated heterocycles. The van der Waals surface area contributed by atoms with Gasteiger partial charge in [-0.25, -0.2) is 4.98 Å². The Hall–Kier alpha value is -3.33. The number of nitrogens with one attached hydrogen (secondary N) is 2. The zero-order valence-electron chi connectivity index (χ0n) is 14.7. The highest BCUT2D eigenvalue weighted by Gasteiger charge is 2.22. The van der Waals surface area contributed by atoms with Crippen LogP contribution in [0.3, 0.4) is 0 Å². The maximum atomic E-state index is 12.4. The molecule has 0 bridgehead atoms. The van der Waals surface area contributed by atoms with Gasteiger partial charge in [0.2, 0.25) is 0 Å². The van der Waals surface area contributed by atoms with Gasteiger partial charge in [-0.15, -0.1) is 0 Å². The summed E-state index contributed by atoms with van der Waals surface area (Å²) < 4.78 is 5.50. The summed E-state index contributed by atoms with van der Waals surface area (Å²) in [6.45, 7) is 3.87. The Morgan fingerprint density at radius 1 is 1.23 bits per heavy atom. The van der Waals surface area contributed by atoms with Gasteiger partial charge in [0, 0.05) is 0 Å². The maximum Gasteiger partial charge on any atom is 0.258 e. The predicted octanol–water partition coefficient (Wildman–Crippen LogP) is 3.33. The van der Waals surface area contributed by atoms with Gasteiger partial charge in [-0.3, -0.25) is 4.79 Å². The molecule has 0 fully saturated rings. The first-order valence-electron chi connectivity index (χ1n) is 8.44. The number of imidazole rings is 1. The fourth-order valence-corrected chi connectivity index (χ4v) is 2.71. The van der Waals surface area contributed by atoms with Crippen LogP contribution in [0.1, 0.15) is 31.3 Å². The number of nitrogens with zero attached hydrogens (tertiary/aromatic N) is 2. The van der Waals surface area contributed by atoms with Crippen molar-refractivity contribution in [2.24, 2.45) is 5.92 Å². The summed E-state index contributed by atoms with van der Waals surface area (Å²) in [5.74, 6) is 0.991. The number of nitriles is 1. The van der Waals surface area contributed by atoms with Gasteiger partial charge >= 0.3 is 0 Å². The van der Waals surface area contributed by atoms with E-state index in [1.807, 2.05) is 44.2 Å². The minimum Gasteiger partial charge on any atom is -0.482 e. The van der Waals surface area contributed by atoms with Crippen molar-refractivity contribution in [1.29, 1.82) is 5.26 Å². The lowest BCUT2D eigenvalue weighted by Crippen LogP contribution is -2.35. The first kappa shape index (κ1) is 17.5. The topological polar surface area (TPSA) is 90.8 Å². The van der Waals surface area contributed by atoms with Crippen molar-refractivity contribution in [2.45, 2.75) is 19.9 Å². The third kappa shape index (κ3) is 3.83. The summed E-state index contributed by atoms with van der Waals surface area (Å²) in [6, 6.07) is 16.4. The summed E-state index contributed by atoms with van der Waals surface area (Å²) >= 11 is 0. The van der Waals surface area contributed by atoms with E-state index in [-0.39, 0.29) is 24.5 Å². The van der Waals surface area contributed by atoms with Gasteiger partial charge in [0.1, 0.15) is 17.6 Å². The summed E-state index contributed by atoms with van der Waals surface area (Å²) in [7, 11) is 0. The minimum absolute atomic E-state index is 0.144. The fourth-order valence-electron chi connectivity index (χ4n) is 2.71. The van der Waals surface area contributed by atoms with Gasteiger partial charge in [-0.2, -0.15) is 5.26 Å². The van der Waals surface area contributed by atoms with Crippen molar-refractivity contribution < 1.29 is 9.53 Å². The van der Waals surface area contributed by atoms with Crippen LogP contribution < -0.4 is 10.1 Å². The molecule has 132 valence electrons. The number of carbonyl (C=O) groups is 1. The van der Waals surface area contributed by atoms with E-state index in [9.17, 15) is 4.79 Å². The Morgan fingerprint density at radius 3 is 2.69 bits per heavy atom. The number of aromatic amines is 1. The highest BCUT2D eigenvalue weighted by atomic mass is 16.5. The maximum absolute atomic E-state index is 12.4. The summed E-state index contributed by atoms with van der Waals surface area (Å²) in [5, 5.41) is 12.0. The molecule has 1 atom stereocenters. The standard InChI is InChI=1S/C20H20N4O2/c1-13(2)19(20-22-15-8-4-5-9-16(15)23-20)24-18(25)12-26-17-10-6-3-7-14(17)11-21/h3-10,13,19H,12H2,1-2H3,(H,22,23)(H,24,25)/t19-/m1/s1. The molecule has 2 aromatic carbocycles. The number of amides is 1. The van der Waals surface area contributed by atoms with E-state index in [0.717, 1.165) is 11.0 Å². The summed E-state index contributed by atoms with van der Waals surface area (Å²) in [6.07, 6.45) is 0. The lowest BCUT2D eigenvalue weighted by molar-refractivity contribution is -0.124. The van der Waals surface area contributed by atoms with Gasteiger partial charge in [0.15, 0.2) is 6.61 Å². The van der Waals surface area contributed by atoms with Crippen molar-refractivity contribution in [3.05, 3.63) is 59.9 Å². The third-order valence-corrected chi connectivity index (χ3v) is 4.05. The van der Waals surface area contributed by atoms with Crippen molar-refractivity contribution >= 4 is 16.9 Å². The molecule has 0 aliphatic rings. The first-order valence-corrected chi connectivity index (χ1v) is 8.44. The van der Waals surface area contributed by atoms with Gasteiger partial charge in [0.25, 0.3) is 5.91 Å². The quantitative estimate of drug-likeness (QED) is 0.715. The number of H-pyrrole nitrogens is 1. The summed E-state index contributed by atoms with van der Waals surface area (Å²) in [5.41, 5.74) is 2.20. The first-order chi connectivity index (χ1) is 12.6. The molecule has 0 aliphatic heterocycles. The fraction of sp³-hybridized carbons (Fsp3) is 0.250. The molecular weight excluding hydrogens is 328 g/mol. The number of benzene rings is 2. The minimum atomic E-state index is -0.267. The number of para-hydroxylation sites is 3. The van der Waals surface area contributed by atoms with Gasteiger partial charge < -0.3 is 15.0 Å². The zero-order valence-corrected chi connectivity index (χ0v) is 14.7. The Morgan fingerprint density at radius 2 is 1.96 bits per heavy atom. The average molecular weight is 348 g/mol. The molecule has 0 aliphatic carbocycles. The molecule has 2 N–H and O–H groups in total. The number of ether oxygens (including phenoxy) is 1. The van der Waals surface area contributed by atoms with Crippen LogP contribution in [-0.4, -0.2) is 22.5 Å². The third-order valence-electron chi connectivity index (χ3n) is 4.05. The monoisotopic (exact) mass is 348 g/mol. The van der Waals surface area contributed by atoms with Crippen LogP contribution in [0.25, 0.3) is 11.0 Å². The molecule has 1 aromatic heterocycles. The number of fused-ring (bicyclic) bond motifs is 1. The molecule has 6 heteroatoms. The van der Waals surface area contributed by atoms with Crippen molar-refractivity contribution in [3.63, 3.8) is 0 Å². The Kier molecular flexibility index (Phi) is 5.18. The molecule has 6 nitrogen and oxygen atoms in total. The van der Waals surface area contributed by atoms with Gasteiger partial charge in [0.05, 0.1) is 22.6 Å². The van der Waals surface area contributed by atoms with Crippen LogP contribution in [0.5, 0.6) is 5.75 Å². The molecule has 3 rings (SSSR count). The smallest absolute Gasteiger partial charge is 0.258 e. The Labute approximate surface area is 151 Å². The second kappa shape index (κ2) is 7.70. The van der Waals surface area contributed by atoms with E-state index in [4.69, 9.17) is 10.00 Å². The van der Waals surface area contributed by atoms with Crippen molar-refractivity contribution in [1.82, 2.24) is 15.3 Å². The lowest BCUT2D eigenvalue weighted by atomic mass is 10.0. The van der Waals surface area contributed by atoms with Crippen LogP contribution in [0, 0.1) is 17.2 Å². The van der Waals surface area contributed by atoms with Crippen LogP contribution >= 0.6 is 0 Å². The van der Waals surface area contributed by atoms with Gasteiger partial charge in [-0.1, -0.05) is 38.1 Å². The molecule has 0 unspecified atom stereocenters. The largest absolute Gasteiger partial charge is 0.482 e. The Balaban J connectivity index is 1.70. The highest BCUT2D eigenvalue weighted by Crippen LogP contribution is 2.22. The molecule has 1 heterocycles. The SMILES string of the molecule is CC(C)[C@@H](NC(=O)COc1ccccc1C#N)c1nc2ccccc2[nH]1. The number of hydrogen-bond donors (Lipinski definition) is 2. The van der Waals surface area contributed by atoms with E-state index >= 15 is 0 Å². The number of rotatable bonds is 6. The Bertz CT molecular complexity index is 923. The number of carbonyl (C=O) groups excluding carboxylic acids is 1. The van der Waals surface area contributed by atoms with E-state index < -0.39 is 0 Å². The second-order valence-electron chi connectivity index (χ2n) is 6.33. The van der Waals surface area contributed by atoms with E-state index in [2.05, 4.69) is 15.3 Å². The molecule has 0 spiro atoms. The van der Waals surface area contributed by atoms with Crippen molar-refractivity contribution in [3.8, 4) is 11.8 Å². The average Bonchev–Trinajstić information content (AvgIpc) is 3.08. The number of aromatic nitrogens is 2. The van der Waals surface area contributed by atoms with Crippen LogP contribution in [0.15, 0.2) is 48.5 Å². The van der Waals surface area contributed by atoms with Crippen LogP contribution in [-0.2, 0) is 4.79 Å². The molecular formula is C20H20N4O2. The second-order valence-corrected chi connectivity index (χ2v) is 6.33. The van der Waals surface area contributed by atoms with E-state index in [0.29, 0.717) is 17.1 Å². The normalized spacial score (nSPS) is 11.9. The zero-order chi connectivity index (χ0) is 18.5. The van der Waals surface area contributed by atoms with E-state index in [1.54, 1.807) is 24.3 Å². The molecule has 26 heavy (non-hydrogen) atoms. The molecule has 1 amide bonds. The highest BCUT2D eigenvalue weighted by molar-refractivity contribution is 5.79. The molecule has 3 aromatic rings. The van der Waals surface area contributed by atoms with E-state index in [1.165, 1.54) is 0 Å². The molecule has 0 radical (unpaired) electrons. The number of hydrogen-bond acceptors (Lipinski definition) is 4.